The number of ketones is 1. The number of ether oxygens (including phenoxy) is 1. The van der Waals surface area contributed by atoms with Gasteiger partial charge >= 0.3 is 5.97 Å². The fourth-order valence-corrected chi connectivity index (χ4v) is 2.88. The van der Waals surface area contributed by atoms with Gasteiger partial charge in [-0.25, -0.2) is 14.2 Å². The van der Waals surface area contributed by atoms with Crippen molar-refractivity contribution in [2.75, 3.05) is 6.61 Å². The van der Waals surface area contributed by atoms with E-state index in [1.165, 1.54) is 28.8 Å². The summed E-state index contributed by atoms with van der Waals surface area (Å²) in [5.74, 6) is -2.18. The highest BCUT2D eigenvalue weighted by Crippen LogP contribution is 2.14. The van der Waals surface area contributed by atoms with Crippen molar-refractivity contribution in [1.82, 2.24) is 9.55 Å². The maximum Gasteiger partial charge on any atom is 0.354 e. The van der Waals surface area contributed by atoms with E-state index < -0.39 is 25.6 Å². The zero-order chi connectivity index (χ0) is 18.6. The minimum absolute atomic E-state index is 0.0444. The topological polar surface area (TPSA) is 81.4 Å². The van der Waals surface area contributed by atoms with Crippen LogP contribution in [0.2, 0.25) is 25.7 Å². The number of carboxylic acids is 1. The molecule has 0 saturated carbocycles. The number of halogens is 1. The van der Waals surface area contributed by atoms with Crippen molar-refractivity contribution < 1.29 is 23.8 Å². The van der Waals surface area contributed by atoms with Crippen LogP contribution in [0.5, 0.6) is 0 Å². The number of rotatable bonds is 8. The Morgan fingerprint density at radius 3 is 2.44 bits per heavy atom. The molecule has 0 spiro atoms. The Balaban J connectivity index is 2.22. The van der Waals surface area contributed by atoms with Gasteiger partial charge in [0.1, 0.15) is 18.2 Å². The molecule has 25 heavy (non-hydrogen) atoms. The van der Waals surface area contributed by atoms with Crippen LogP contribution >= 0.6 is 0 Å². The summed E-state index contributed by atoms with van der Waals surface area (Å²) in [6.07, 6.45) is 1.13. The number of carbonyl (C=O) groups is 2. The van der Waals surface area contributed by atoms with Crippen LogP contribution in [-0.4, -0.2) is 41.1 Å². The van der Waals surface area contributed by atoms with Crippen molar-refractivity contribution in [3.05, 3.63) is 53.4 Å². The van der Waals surface area contributed by atoms with Gasteiger partial charge in [-0.15, -0.1) is 0 Å². The molecule has 1 aromatic carbocycles. The summed E-state index contributed by atoms with van der Waals surface area (Å²) in [6.45, 7) is 7.03. The molecule has 0 aliphatic heterocycles. The van der Waals surface area contributed by atoms with E-state index in [0.29, 0.717) is 6.61 Å². The van der Waals surface area contributed by atoms with Crippen molar-refractivity contribution in [2.45, 2.75) is 32.4 Å². The van der Waals surface area contributed by atoms with Crippen molar-refractivity contribution in [3.8, 4) is 0 Å². The van der Waals surface area contributed by atoms with Gasteiger partial charge in [0.25, 0.3) is 0 Å². The Kier molecular flexibility index (Phi) is 5.86. The lowest BCUT2D eigenvalue weighted by molar-refractivity contribution is 0.0615. The van der Waals surface area contributed by atoms with E-state index in [2.05, 4.69) is 24.6 Å². The predicted octanol–water partition coefficient (Wildman–Crippen LogP) is 3.26. The highest BCUT2D eigenvalue weighted by Gasteiger charge is 2.22. The van der Waals surface area contributed by atoms with E-state index in [9.17, 15) is 19.1 Å². The van der Waals surface area contributed by atoms with Crippen LogP contribution in [0, 0.1) is 5.82 Å². The Bertz CT molecular complexity index is 766. The third-order valence-electron chi connectivity index (χ3n) is 3.60. The van der Waals surface area contributed by atoms with Gasteiger partial charge in [-0.05, 0) is 30.3 Å². The van der Waals surface area contributed by atoms with Crippen LogP contribution in [0.15, 0.2) is 30.5 Å². The summed E-state index contributed by atoms with van der Waals surface area (Å²) in [5.41, 5.74) is 0.103. The molecule has 0 radical (unpaired) electrons. The highest BCUT2D eigenvalue weighted by molar-refractivity contribution is 6.76. The largest absolute Gasteiger partial charge is 0.477 e. The molecule has 2 aromatic rings. The molecule has 1 N–H and O–H groups in total. The van der Waals surface area contributed by atoms with Gasteiger partial charge in [0.15, 0.2) is 5.82 Å². The van der Waals surface area contributed by atoms with E-state index in [-0.39, 0.29) is 23.8 Å². The summed E-state index contributed by atoms with van der Waals surface area (Å²) in [6, 6.07) is 5.93. The number of aromatic carboxylic acids is 1. The quantitative estimate of drug-likeness (QED) is 0.442. The molecule has 0 bridgehead atoms. The van der Waals surface area contributed by atoms with Crippen LogP contribution in [0.4, 0.5) is 4.39 Å². The zero-order valence-electron chi connectivity index (χ0n) is 14.5. The monoisotopic (exact) mass is 364 g/mol. The molecular formula is C17H21FN2O4Si. The minimum Gasteiger partial charge on any atom is -0.477 e. The number of hydrogen-bond acceptors (Lipinski definition) is 4. The molecule has 1 heterocycles. The lowest BCUT2D eigenvalue weighted by Gasteiger charge is -2.16. The summed E-state index contributed by atoms with van der Waals surface area (Å²) in [4.78, 5) is 27.9. The third kappa shape index (κ3) is 5.07. The SMILES string of the molecule is C[Si](C)(C)CCOCn1c(C(=O)O)cnc1C(=O)c1ccc(F)cc1. The molecule has 8 heteroatoms. The average molecular weight is 364 g/mol. The molecule has 6 nitrogen and oxygen atoms in total. The number of carbonyl (C=O) groups excluding carboxylic acids is 1. The maximum absolute atomic E-state index is 13.0. The standard InChI is InChI=1S/C17H21FN2O4Si/c1-25(2,3)9-8-24-11-20-14(17(22)23)10-19-16(20)15(21)12-4-6-13(18)7-5-12/h4-7,10H,8-9,11H2,1-3H3,(H,22,23). The second-order valence-electron chi connectivity index (χ2n) is 6.88. The first-order chi connectivity index (χ1) is 11.7. The van der Waals surface area contributed by atoms with Gasteiger partial charge < -0.3 is 9.84 Å². The zero-order valence-corrected chi connectivity index (χ0v) is 15.5. The molecule has 0 aliphatic carbocycles. The number of hydrogen-bond donors (Lipinski definition) is 1. The van der Waals surface area contributed by atoms with Crippen LogP contribution in [0.1, 0.15) is 26.7 Å². The van der Waals surface area contributed by atoms with Gasteiger partial charge in [-0.2, -0.15) is 0 Å². The summed E-state index contributed by atoms with van der Waals surface area (Å²) in [5, 5.41) is 9.28. The van der Waals surface area contributed by atoms with Gasteiger partial charge in [0, 0.05) is 20.2 Å². The molecule has 0 saturated heterocycles. The molecule has 0 unspecified atom stereocenters. The van der Waals surface area contributed by atoms with Crippen LogP contribution in [-0.2, 0) is 11.5 Å². The first-order valence-electron chi connectivity index (χ1n) is 7.86. The van der Waals surface area contributed by atoms with Crippen LogP contribution in [0.3, 0.4) is 0 Å². The predicted molar refractivity (Wildman–Crippen MR) is 93.1 cm³/mol. The average Bonchev–Trinajstić information content (AvgIpc) is 2.94. The van der Waals surface area contributed by atoms with Crippen molar-refractivity contribution in [3.63, 3.8) is 0 Å². The molecule has 0 aliphatic rings. The number of nitrogens with zero attached hydrogens (tertiary/aromatic N) is 2. The lowest BCUT2D eigenvalue weighted by atomic mass is 10.1. The van der Waals surface area contributed by atoms with Crippen molar-refractivity contribution in [2.24, 2.45) is 0 Å². The molecule has 1 aromatic heterocycles. The molecule has 2 rings (SSSR count). The fourth-order valence-electron chi connectivity index (χ4n) is 2.12. The summed E-state index contributed by atoms with van der Waals surface area (Å²) < 4.78 is 19.8. The van der Waals surface area contributed by atoms with Gasteiger partial charge in [-0.1, -0.05) is 19.6 Å². The van der Waals surface area contributed by atoms with E-state index in [0.717, 1.165) is 12.2 Å². The number of imidazole rings is 1. The fraction of sp³-hybridized carbons (Fsp3) is 0.353. The number of aromatic nitrogens is 2. The first-order valence-corrected chi connectivity index (χ1v) is 11.6. The molecule has 0 amide bonds. The molecule has 0 fully saturated rings. The van der Waals surface area contributed by atoms with E-state index in [4.69, 9.17) is 4.74 Å². The van der Waals surface area contributed by atoms with Crippen LogP contribution < -0.4 is 0 Å². The van der Waals surface area contributed by atoms with Gasteiger partial charge in [0.05, 0.1) is 6.20 Å². The third-order valence-corrected chi connectivity index (χ3v) is 5.31. The Hall–Kier alpha value is -2.32. The van der Waals surface area contributed by atoms with E-state index >= 15 is 0 Å². The van der Waals surface area contributed by atoms with Gasteiger partial charge in [-0.3, -0.25) is 9.36 Å². The second kappa shape index (κ2) is 7.71. The van der Waals surface area contributed by atoms with E-state index in [1.807, 2.05) is 0 Å². The van der Waals surface area contributed by atoms with E-state index in [1.54, 1.807) is 0 Å². The Morgan fingerprint density at radius 1 is 1.24 bits per heavy atom. The molecular weight excluding hydrogens is 343 g/mol. The minimum atomic E-state index is -1.28. The number of benzene rings is 1. The van der Waals surface area contributed by atoms with Crippen molar-refractivity contribution >= 4 is 19.8 Å². The normalized spacial score (nSPS) is 11.5. The maximum atomic E-state index is 13.0. The summed E-state index contributed by atoms with van der Waals surface area (Å²) >= 11 is 0. The Labute approximate surface area is 146 Å². The summed E-state index contributed by atoms with van der Waals surface area (Å²) in [7, 11) is -1.28. The van der Waals surface area contributed by atoms with Gasteiger partial charge in [0.2, 0.25) is 5.78 Å². The molecule has 0 atom stereocenters. The Morgan fingerprint density at radius 2 is 1.88 bits per heavy atom. The lowest BCUT2D eigenvalue weighted by Crippen LogP contribution is -2.23. The second-order valence-corrected chi connectivity index (χ2v) is 12.5. The first kappa shape index (κ1) is 19.0. The molecule has 134 valence electrons. The number of carboxylic acid groups (broad SMARTS) is 1. The van der Waals surface area contributed by atoms with Crippen LogP contribution in [0.25, 0.3) is 0 Å². The van der Waals surface area contributed by atoms with Crippen molar-refractivity contribution in [1.29, 1.82) is 0 Å². The highest BCUT2D eigenvalue weighted by atomic mass is 28.3. The smallest absolute Gasteiger partial charge is 0.354 e.